The molecule has 2 aliphatic rings. The lowest BCUT2D eigenvalue weighted by Crippen LogP contribution is -2.57. The van der Waals surface area contributed by atoms with Gasteiger partial charge in [0, 0.05) is 50.3 Å². The maximum absolute atomic E-state index is 12.1. The summed E-state index contributed by atoms with van der Waals surface area (Å²) in [5, 5.41) is 19.3. The van der Waals surface area contributed by atoms with Gasteiger partial charge in [0.15, 0.2) is 0 Å². The second-order valence-electron chi connectivity index (χ2n) is 7.09. The van der Waals surface area contributed by atoms with Crippen LogP contribution < -0.4 is 4.90 Å². The van der Waals surface area contributed by atoms with Gasteiger partial charge < -0.3 is 20.0 Å². The Morgan fingerprint density at radius 1 is 1.07 bits per heavy atom. The highest BCUT2D eigenvalue weighted by Gasteiger charge is 2.30. The van der Waals surface area contributed by atoms with E-state index in [4.69, 9.17) is 5.11 Å². The number of piperazine rings is 1. The number of anilines is 1. The van der Waals surface area contributed by atoms with Crippen LogP contribution in [0.15, 0.2) is 30.3 Å². The number of aliphatic hydroxyl groups is 1. The summed E-state index contributed by atoms with van der Waals surface area (Å²) in [6.45, 7) is 4.55. The SMILES string of the molecule is O=C(O)c1ccc2cc(N3CCN(CC(=O)N4CC(O)C4)CC3)ccc2n1. The quantitative estimate of drug-likeness (QED) is 0.797. The van der Waals surface area contributed by atoms with Crippen LogP contribution in [0.2, 0.25) is 0 Å². The van der Waals surface area contributed by atoms with Crippen LogP contribution in [-0.4, -0.2) is 88.8 Å². The van der Waals surface area contributed by atoms with Crippen molar-refractivity contribution in [2.24, 2.45) is 0 Å². The van der Waals surface area contributed by atoms with Crippen LogP contribution >= 0.6 is 0 Å². The fraction of sp³-hybridized carbons (Fsp3) is 0.421. The van der Waals surface area contributed by atoms with Gasteiger partial charge >= 0.3 is 5.97 Å². The number of β-amino-alcohol motifs (C(OH)–C–C–N with tert-alkyl or cyclic N) is 1. The molecule has 0 radical (unpaired) electrons. The minimum absolute atomic E-state index is 0.0447. The van der Waals surface area contributed by atoms with Crippen molar-refractivity contribution < 1.29 is 19.8 Å². The Balaban J connectivity index is 1.37. The van der Waals surface area contributed by atoms with Gasteiger partial charge in [0.1, 0.15) is 5.69 Å². The topological polar surface area (TPSA) is 97.2 Å². The summed E-state index contributed by atoms with van der Waals surface area (Å²) < 4.78 is 0. The highest BCUT2D eigenvalue weighted by atomic mass is 16.4. The predicted molar refractivity (Wildman–Crippen MR) is 99.9 cm³/mol. The first kappa shape index (κ1) is 17.7. The number of aromatic carboxylic acids is 1. The molecular weight excluding hydrogens is 348 g/mol. The number of amides is 1. The standard InChI is InChI=1S/C19H22N4O4/c24-15-10-23(11-15)18(25)12-21-5-7-22(8-6-21)14-2-4-16-13(9-14)1-3-17(20-16)19(26)27/h1-4,9,15,24H,5-8,10-12H2,(H,26,27). The number of fused-ring (bicyclic) bond motifs is 1. The molecule has 0 atom stereocenters. The van der Waals surface area contributed by atoms with Gasteiger partial charge in [0.25, 0.3) is 0 Å². The van der Waals surface area contributed by atoms with Crippen molar-refractivity contribution in [3.63, 3.8) is 0 Å². The molecular formula is C19H22N4O4. The third kappa shape index (κ3) is 3.72. The van der Waals surface area contributed by atoms with E-state index >= 15 is 0 Å². The van der Waals surface area contributed by atoms with Gasteiger partial charge in [0.05, 0.1) is 18.2 Å². The Hall–Kier alpha value is -2.71. The van der Waals surface area contributed by atoms with Gasteiger partial charge in [-0.25, -0.2) is 9.78 Å². The molecule has 2 aromatic rings. The van der Waals surface area contributed by atoms with Crippen LogP contribution in [0.5, 0.6) is 0 Å². The smallest absolute Gasteiger partial charge is 0.354 e. The molecule has 2 N–H and O–H groups in total. The first-order valence-corrected chi connectivity index (χ1v) is 9.07. The van der Waals surface area contributed by atoms with E-state index in [1.54, 1.807) is 11.0 Å². The zero-order valence-corrected chi connectivity index (χ0v) is 14.9. The van der Waals surface area contributed by atoms with Gasteiger partial charge in [0.2, 0.25) is 5.91 Å². The van der Waals surface area contributed by atoms with Crippen LogP contribution in [0.1, 0.15) is 10.5 Å². The number of hydrogen-bond donors (Lipinski definition) is 2. The Morgan fingerprint density at radius 3 is 2.48 bits per heavy atom. The molecule has 0 saturated carbocycles. The van der Waals surface area contributed by atoms with E-state index in [0.717, 1.165) is 37.3 Å². The number of pyridine rings is 1. The van der Waals surface area contributed by atoms with Crippen molar-refractivity contribution in [2.45, 2.75) is 6.10 Å². The molecule has 8 nitrogen and oxygen atoms in total. The minimum Gasteiger partial charge on any atom is -0.477 e. The van der Waals surface area contributed by atoms with Gasteiger partial charge in [-0.2, -0.15) is 0 Å². The van der Waals surface area contributed by atoms with Crippen molar-refractivity contribution in [3.05, 3.63) is 36.0 Å². The number of benzene rings is 1. The average Bonchev–Trinajstić information content (AvgIpc) is 2.65. The lowest BCUT2D eigenvalue weighted by molar-refractivity contribution is -0.142. The summed E-state index contributed by atoms with van der Waals surface area (Å²) in [4.78, 5) is 33.4. The zero-order valence-electron chi connectivity index (χ0n) is 14.9. The van der Waals surface area contributed by atoms with E-state index in [1.165, 1.54) is 6.07 Å². The number of carboxylic acids is 1. The molecule has 0 bridgehead atoms. The Bertz CT molecular complexity index is 873. The fourth-order valence-corrected chi connectivity index (χ4v) is 3.54. The molecule has 2 aliphatic heterocycles. The second-order valence-corrected chi connectivity index (χ2v) is 7.09. The summed E-state index contributed by atoms with van der Waals surface area (Å²) in [5.41, 5.74) is 1.78. The van der Waals surface area contributed by atoms with E-state index in [1.807, 2.05) is 18.2 Å². The second kappa shape index (κ2) is 7.13. The third-order valence-corrected chi connectivity index (χ3v) is 5.20. The summed E-state index contributed by atoms with van der Waals surface area (Å²) in [6, 6.07) is 9.14. The first-order chi connectivity index (χ1) is 13.0. The molecule has 8 heteroatoms. The Morgan fingerprint density at radius 2 is 1.81 bits per heavy atom. The molecule has 1 aromatic carbocycles. The molecule has 0 spiro atoms. The number of aliphatic hydroxyl groups excluding tert-OH is 1. The van der Waals surface area contributed by atoms with Gasteiger partial charge in [-0.15, -0.1) is 0 Å². The van der Waals surface area contributed by atoms with Crippen LogP contribution in [0.4, 0.5) is 5.69 Å². The molecule has 142 valence electrons. The van der Waals surface area contributed by atoms with E-state index < -0.39 is 5.97 Å². The molecule has 2 fully saturated rings. The van der Waals surface area contributed by atoms with Crippen molar-refractivity contribution in [1.29, 1.82) is 0 Å². The number of hydrogen-bond acceptors (Lipinski definition) is 6. The number of carbonyl (C=O) groups excluding carboxylic acids is 1. The zero-order chi connectivity index (χ0) is 19.0. The van der Waals surface area contributed by atoms with E-state index in [0.29, 0.717) is 25.2 Å². The van der Waals surface area contributed by atoms with Gasteiger partial charge in [-0.1, -0.05) is 6.07 Å². The normalized spacial score (nSPS) is 18.6. The van der Waals surface area contributed by atoms with E-state index in [2.05, 4.69) is 14.8 Å². The summed E-state index contributed by atoms with van der Waals surface area (Å²) in [7, 11) is 0. The summed E-state index contributed by atoms with van der Waals surface area (Å²) >= 11 is 0. The van der Waals surface area contributed by atoms with Gasteiger partial charge in [-0.3, -0.25) is 9.69 Å². The average molecular weight is 370 g/mol. The molecule has 4 rings (SSSR count). The van der Waals surface area contributed by atoms with Gasteiger partial charge in [-0.05, 0) is 24.3 Å². The highest BCUT2D eigenvalue weighted by molar-refractivity contribution is 5.90. The van der Waals surface area contributed by atoms with E-state index in [-0.39, 0.29) is 17.7 Å². The number of carboxylic acid groups (broad SMARTS) is 1. The summed E-state index contributed by atoms with van der Waals surface area (Å²) in [5.74, 6) is -0.945. The maximum Gasteiger partial charge on any atom is 0.354 e. The minimum atomic E-state index is -1.03. The summed E-state index contributed by atoms with van der Waals surface area (Å²) in [6.07, 6.45) is -0.361. The van der Waals surface area contributed by atoms with Crippen molar-refractivity contribution in [2.75, 3.05) is 50.7 Å². The molecule has 2 saturated heterocycles. The molecule has 27 heavy (non-hydrogen) atoms. The molecule has 1 aromatic heterocycles. The van der Waals surface area contributed by atoms with Crippen LogP contribution in [0.25, 0.3) is 10.9 Å². The van der Waals surface area contributed by atoms with Crippen LogP contribution in [0, 0.1) is 0 Å². The molecule has 0 aliphatic carbocycles. The van der Waals surface area contributed by atoms with Crippen molar-refractivity contribution in [1.82, 2.24) is 14.8 Å². The first-order valence-electron chi connectivity index (χ1n) is 9.07. The Kier molecular flexibility index (Phi) is 4.67. The maximum atomic E-state index is 12.1. The molecule has 1 amide bonds. The van der Waals surface area contributed by atoms with Crippen LogP contribution in [-0.2, 0) is 4.79 Å². The highest BCUT2D eigenvalue weighted by Crippen LogP contribution is 2.23. The molecule has 0 unspecified atom stereocenters. The lowest BCUT2D eigenvalue weighted by Gasteiger charge is -2.39. The van der Waals surface area contributed by atoms with Crippen molar-refractivity contribution in [3.8, 4) is 0 Å². The number of aromatic nitrogens is 1. The van der Waals surface area contributed by atoms with Crippen molar-refractivity contribution >= 4 is 28.5 Å². The third-order valence-electron chi connectivity index (χ3n) is 5.20. The fourth-order valence-electron chi connectivity index (χ4n) is 3.54. The number of likely N-dealkylation sites (tertiary alicyclic amines) is 1. The van der Waals surface area contributed by atoms with Crippen LogP contribution in [0.3, 0.4) is 0 Å². The number of nitrogens with zero attached hydrogens (tertiary/aromatic N) is 4. The monoisotopic (exact) mass is 370 g/mol. The predicted octanol–water partition coefficient (Wildman–Crippen LogP) is 0.258. The number of rotatable bonds is 4. The molecule has 3 heterocycles. The lowest BCUT2D eigenvalue weighted by atomic mass is 10.1. The largest absolute Gasteiger partial charge is 0.477 e. The number of carbonyl (C=O) groups is 2. The Labute approximate surface area is 156 Å². The van der Waals surface area contributed by atoms with E-state index in [9.17, 15) is 14.7 Å².